The molecule has 1 atom stereocenters. The lowest BCUT2D eigenvalue weighted by Gasteiger charge is -2.24. The van der Waals surface area contributed by atoms with Gasteiger partial charge in [0.1, 0.15) is 11.1 Å². The highest BCUT2D eigenvalue weighted by Gasteiger charge is 2.22. The summed E-state index contributed by atoms with van der Waals surface area (Å²) in [6.07, 6.45) is 2.77. The third-order valence-electron chi connectivity index (χ3n) is 3.65. The molecule has 7 heteroatoms. The standard InChI is InChI=1S/C16H19ClN2O4/c1-4-23-16(22)11-7-19(13(8-20)9(2)3)12-5-10(17)6-18-14(12)15(11)21/h5-7,9,13,20H,4,8H2,1-3H3/t13-/m1/s1. The lowest BCUT2D eigenvalue weighted by atomic mass is 10.0. The monoisotopic (exact) mass is 338 g/mol. The second kappa shape index (κ2) is 7.10. The van der Waals surface area contributed by atoms with Crippen molar-refractivity contribution >= 4 is 28.6 Å². The maximum atomic E-state index is 12.5. The number of aliphatic hydroxyl groups excluding tert-OH is 1. The number of hydrogen-bond acceptors (Lipinski definition) is 5. The van der Waals surface area contributed by atoms with Gasteiger partial charge in [-0.1, -0.05) is 25.4 Å². The number of nitrogens with zero attached hydrogens (tertiary/aromatic N) is 2. The minimum atomic E-state index is -0.703. The molecule has 0 spiro atoms. The zero-order valence-electron chi connectivity index (χ0n) is 13.2. The van der Waals surface area contributed by atoms with E-state index in [4.69, 9.17) is 16.3 Å². The first-order valence-corrected chi connectivity index (χ1v) is 7.76. The van der Waals surface area contributed by atoms with E-state index in [2.05, 4.69) is 4.98 Å². The first-order chi connectivity index (χ1) is 10.9. The van der Waals surface area contributed by atoms with E-state index in [1.807, 2.05) is 13.8 Å². The van der Waals surface area contributed by atoms with Gasteiger partial charge < -0.3 is 14.4 Å². The van der Waals surface area contributed by atoms with E-state index in [1.54, 1.807) is 17.6 Å². The normalized spacial score (nSPS) is 12.6. The molecular formula is C16H19ClN2O4. The van der Waals surface area contributed by atoms with Crippen LogP contribution in [0.1, 0.15) is 37.2 Å². The van der Waals surface area contributed by atoms with Crippen molar-refractivity contribution in [3.8, 4) is 0 Å². The molecule has 1 N–H and O–H groups in total. The van der Waals surface area contributed by atoms with Crippen LogP contribution >= 0.6 is 11.6 Å². The molecule has 0 radical (unpaired) electrons. The van der Waals surface area contributed by atoms with Gasteiger partial charge in [0.05, 0.1) is 29.8 Å². The highest BCUT2D eigenvalue weighted by Crippen LogP contribution is 2.24. The summed E-state index contributed by atoms with van der Waals surface area (Å²) >= 11 is 5.99. The largest absolute Gasteiger partial charge is 0.462 e. The Labute approximate surface area is 138 Å². The van der Waals surface area contributed by atoms with Crippen LogP contribution in [0.25, 0.3) is 11.0 Å². The van der Waals surface area contributed by atoms with Crippen LogP contribution in [-0.4, -0.2) is 33.8 Å². The fraction of sp³-hybridized carbons (Fsp3) is 0.438. The van der Waals surface area contributed by atoms with Gasteiger partial charge in [-0.25, -0.2) is 9.78 Å². The predicted octanol–water partition coefficient (Wildman–Crippen LogP) is 2.42. The molecule has 0 aliphatic rings. The van der Waals surface area contributed by atoms with E-state index in [-0.39, 0.29) is 36.3 Å². The van der Waals surface area contributed by atoms with Gasteiger partial charge >= 0.3 is 5.97 Å². The number of carbonyl (C=O) groups is 1. The fourth-order valence-corrected chi connectivity index (χ4v) is 2.60. The van der Waals surface area contributed by atoms with Gasteiger partial charge in [0.25, 0.3) is 0 Å². The van der Waals surface area contributed by atoms with Crippen molar-refractivity contribution in [1.29, 1.82) is 0 Å². The number of rotatable bonds is 5. The quantitative estimate of drug-likeness (QED) is 0.847. The summed E-state index contributed by atoms with van der Waals surface area (Å²) in [4.78, 5) is 28.6. The van der Waals surface area contributed by atoms with Crippen molar-refractivity contribution in [1.82, 2.24) is 9.55 Å². The van der Waals surface area contributed by atoms with Crippen molar-refractivity contribution in [2.24, 2.45) is 5.92 Å². The Morgan fingerprint density at radius 2 is 2.17 bits per heavy atom. The van der Waals surface area contributed by atoms with Crippen LogP contribution in [-0.2, 0) is 4.74 Å². The smallest absolute Gasteiger partial charge is 0.343 e. The van der Waals surface area contributed by atoms with Crippen molar-refractivity contribution in [2.45, 2.75) is 26.8 Å². The molecular weight excluding hydrogens is 320 g/mol. The summed E-state index contributed by atoms with van der Waals surface area (Å²) in [7, 11) is 0. The number of aliphatic hydroxyl groups is 1. The first kappa shape index (κ1) is 17.4. The average Bonchev–Trinajstić information content (AvgIpc) is 2.49. The molecule has 2 heterocycles. The molecule has 2 rings (SSSR count). The second-order valence-corrected chi connectivity index (χ2v) is 5.95. The topological polar surface area (TPSA) is 81.4 Å². The van der Waals surface area contributed by atoms with Crippen LogP contribution in [0, 0.1) is 5.92 Å². The molecule has 2 aromatic rings. The summed E-state index contributed by atoms with van der Waals surface area (Å²) in [5.41, 5.74) is -0.0116. The molecule has 0 aromatic carbocycles. The van der Waals surface area contributed by atoms with Gasteiger partial charge in [0.2, 0.25) is 5.43 Å². The van der Waals surface area contributed by atoms with E-state index < -0.39 is 11.4 Å². The zero-order valence-corrected chi connectivity index (χ0v) is 14.0. The van der Waals surface area contributed by atoms with Crippen molar-refractivity contribution < 1.29 is 14.6 Å². The Bertz CT molecular complexity index is 785. The molecule has 2 aromatic heterocycles. The van der Waals surface area contributed by atoms with Crippen LogP contribution in [0.3, 0.4) is 0 Å². The number of ether oxygens (including phenoxy) is 1. The third-order valence-corrected chi connectivity index (χ3v) is 3.86. The summed E-state index contributed by atoms with van der Waals surface area (Å²) in [5.74, 6) is -0.634. The van der Waals surface area contributed by atoms with Gasteiger partial charge in [-0.3, -0.25) is 4.79 Å². The first-order valence-electron chi connectivity index (χ1n) is 7.39. The Morgan fingerprint density at radius 1 is 1.48 bits per heavy atom. The van der Waals surface area contributed by atoms with Crippen molar-refractivity contribution in [3.05, 3.63) is 39.3 Å². The van der Waals surface area contributed by atoms with Gasteiger partial charge in [0, 0.05) is 12.4 Å². The van der Waals surface area contributed by atoms with E-state index in [0.29, 0.717) is 10.5 Å². The van der Waals surface area contributed by atoms with Crippen LogP contribution in [0.2, 0.25) is 5.02 Å². The van der Waals surface area contributed by atoms with Crippen molar-refractivity contribution in [3.63, 3.8) is 0 Å². The third kappa shape index (κ3) is 3.38. The number of hydrogen-bond donors (Lipinski definition) is 1. The van der Waals surface area contributed by atoms with Gasteiger partial charge in [-0.2, -0.15) is 0 Å². The number of carbonyl (C=O) groups excluding carboxylic acids is 1. The molecule has 0 bridgehead atoms. The Balaban J connectivity index is 2.82. The number of halogens is 1. The zero-order chi connectivity index (χ0) is 17.1. The molecule has 0 aliphatic heterocycles. The number of fused-ring (bicyclic) bond motifs is 1. The van der Waals surface area contributed by atoms with Gasteiger partial charge in [-0.15, -0.1) is 0 Å². The van der Waals surface area contributed by atoms with E-state index in [0.717, 1.165) is 0 Å². The van der Waals surface area contributed by atoms with Crippen LogP contribution in [0.15, 0.2) is 23.3 Å². The molecule has 124 valence electrons. The number of pyridine rings is 2. The van der Waals surface area contributed by atoms with E-state index >= 15 is 0 Å². The maximum Gasteiger partial charge on any atom is 0.343 e. The molecule has 0 amide bonds. The summed E-state index contributed by atoms with van der Waals surface area (Å²) in [6.45, 7) is 5.56. The predicted molar refractivity (Wildman–Crippen MR) is 87.9 cm³/mol. The molecule has 0 aliphatic carbocycles. The molecule has 0 fully saturated rings. The minimum Gasteiger partial charge on any atom is -0.462 e. The highest BCUT2D eigenvalue weighted by molar-refractivity contribution is 6.31. The minimum absolute atomic E-state index is 0.0692. The van der Waals surface area contributed by atoms with E-state index in [1.165, 1.54) is 12.4 Å². The van der Waals surface area contributed by atoms with Gasteiger partial charge in [0.15, 0.2) is 0 Å². The molecule has 6 nitrogen and oxygen atoms in total. The SMILES string of the molecule is CCOC(=O)c1cn([C@H](CO)C(C)C)c2cc(Cl)cnc2c1=O. The Kier molecular flexibility index (Phi) is 5.38. The van der Waals surface area contributed by atoms with Crippen LogP contribution < -0.4 is 5.43 Å². The summed E-state index contributed by atoms with van der Waals surface area (Å²) in [5, 5.41) is 10.1. The average molecular weight is 339 g/mol. The summed E-state index contributed by atoms with van der Waals surface area (Å²) in [6, 6.07) is 1.28. The molecule has 0 unspecified atom stereocenters. The number of esters is 1. The maximum absolute atomic E-state index is 12.5. The number of aromatic nitrogens is 2. The second-order valence-electron chi connectivity index (χ2n) is 5.51. The van der Waals surface area contributed by atoms with E-state index in [9.17, 15) is 14.7 Å². The highest BCUT2D eigenvalue weighted by atomic mass is 35.5. The fourth-order valence-electron chi connectivity index (χ4n) is 2.44. The Morgan fingerprint density at radius 3 is 2.74 bits per heavy atom. The van der Waals surface area contributed by atoms with Crippen LogP contribution in [0.5, 0.6) is 0 Å². The van der Waals surface area contributed by atoms with Crippen LogP contribution in [0.4, 0.5) is 0 Å². The molecule has 23 heavy (non-hydrogen) atoms. The molecule has 0 saturated carbocycles. The van der Waals surface area contributed by atoms with Crippen molar-refractivity contribution in [2.75, 3.05) is 13.2 Å². The summed E-state index contributed by atoms with van der Waals surface area (Å²) < 4.78 is 6.61. The van der Waals surface area contributed by atoms with Gasteiger partial charge in [-0.05, 0) is 18.9 Å². The lowest BCUT2D eigenvalue weighted by Crippen LogP contribution is -2.26. The Hall–Kier alpha value is -1.92. The lowest BCUT2D eigenvalue weighted by molar-refractivity contribution is 0.0523. The molecule has 0 saturated heterocycles.